The van der Waals surface area contributed by atoms with Crippen LogP contribution in [0.5, 0.6) is 5.75 Å². The Balaban J connectivity index is 1.84. The summed E-state index contributed by atoms with van der Waals surface area (Å²) in [6.07, 6.45) is 14.2. The molecule has 0 fully saturated rings. The van der Waals surface area contributed by atoms with Crippen molar-refractivity contribution < 1.29 is 17.9 Å². The number of aromatic nitrogens is 4. The van der Waals surface area contributed by atoms with Gasteiger partial charge in [-0.15, -0.1) is 0 Å². The maximum atomic E-state index is 13.3. The lowest BCUT2D eigenvalue weighted by Gasteiger charge is -2.15. The van der Waals surface area contributed by atoms with Gasteiger partial charge in [-0.25, -0.2) is 17.4 Å². The van der Waals surface area contributed by atoms with E-state index >= 15 is 0 Å². The van der Waals surface area contributed by atoms with Gasteiger partial charge >= 0.3 is 0 Å². The Bertz CT molecular complexity index is 1680. The molecule has 4 aromatic rings. The SMILES string of the molecule is CC=CC=CCS(=O)(=O)n1cc(-c2ccc(OC(C)CCOC)c(C#N)c2)c2cc(-c3cnn(C)c3)cnc21. The number of ether oxygens (including phenoxy) is 2. The molecule has 0 spiro atoms. The van der Waals surface area contributed by atoms with Crippen LogP contribution >= 0.6 is 0 Å². The molecule has 39 heavy (non-hydrogen) atoms. The molecule has 0 aliphatic rings. The maximum Gasteiger partial charge on any atom is 0.243 e. The Kier molecular flexibility index (Phi) is 8.64. The number of nitriles is 1. The van der Waals surface area contributed by atoms with Crippen LogP contribution in [0.25, 0.3) is 33.3 Å². The first-order valence-electron chi connectivity index (χ1n) is 12.5. The van der Waals surface area contributed by atoms with Crippen molar-refractivity contribution in [2.45, 2.75) is 26.4 Å². The van der Waals surface area contributed by atoms with Crippen molar-refractivity contribution in [3.05, 3.63) is 78.9 Å². The molecule has 0 radical (unpaired) electrons. The number of aryl methyl sites for hydroxylation is 1. The van der Waals surface area contributed by atoms with Crippen molar-refractivity contribution >= 4 is 21.1 Å². The highest BCUT2D eigenvalue weighted by atomic mass is 32.2. The maximum absolute atomic E-state index is 13.3. The first-order valence-corrected chi connectivity index (χ1v) is 14.1. The average molecular weight is 546 g/mol. The molecular weight excluding hydrogens is 514 g/mol. The van der Waals surface area contributed by atoms with Crippen molar-refractivity contribution in [2.24, 2.45) is 7.05 Å². The van der Waals surface area contributed by atoms with Crippen LogP contribution in [0.2, 0.25) is 0 Å². The molecule has 0 aliphatic carbocycles. The fourth-order valence-electron chi connectivity index (χ4n) is 4.14. The van der Waals surface area contributed by atoms with E-state index in [0.29, 0.717) is 46.5 Å². The van der Waals surface area contributed by atoms with Crippen LogP contribution in [0.1, 0.15) is 25.8 Å². The van der Waals surface area contributed by atoms with E-state index in [9.17, 15) is 13.7 Å². The molecule has 0 saturated heterocycles. The molecule has 1 unspecified atom stereocenters. The molecule has 0 aliphatic heterocycles. The molecule has 0 N–H and O–H groups in total. The van der Waals surface area contributed by atoms with Gasteiger partial charge in [-0.1, -0.05) is 30.4 Å². The van der Waals surface area contributed by atoms with Crippen molar-refractivity contribution in [3.8, 4) is 34.1 Å². The van der Waals surface area contributed by atoms with Crippen LogP contribution in [0.15, 0.2) is 73.4 Å². The summed E-state index contributed by atoms with van der Waals surface area (Å²) in [5.74, 6) is 0.270. The van der Waals surface area contributed by atoms with Crippen LogP contribution in [0, 0.1) is 11.3 Å². The minimum Gasteiger partial charge on any atom is -0.489 e. The zero-order valence-electron chi connectivity index (χ0n) is 22.4. The Labute approximate surface area is 228 Å². The summed E-state index contributed by atoms with van der Waals surface area (Å²) in [7, 11) is -0.302. The predicted molar refractivity (Wildman–Crippen MR) is 152 cm³/mol. The van der Waals surface area contributed by atoms with Gasteiger partial charge in [-0.3, -0.25) is 4.68 Å². The Morgan fingerprint density at radius 3 is 2.64 bits per heavy atom. The van der Waals surface area contributed by atoms with E-state index in [1.165, 1.54) is 3.97 Å². The lowest BCUT2D eigenvalue weighted by Crippen LogP contribution is -2.15. The largest absolute Gasteiger partial charge is 0.489 e. The van der Waals surface area contributed by atoms with Crippen LogP contribution < -0.4 is 4.74 Å². The van der Waals surface area contributed by atoms with E-state index in [0.717, 1.165) is 11.1 Å². The summed E-state index contributed by atoms with van der Waals surface area (Å²) in [6, 6.07) is 9.40. The van der Waals surface area contributed by atoms with Gasteiger partial charge in [0.15, 0.2) is 5.65 Å². The number of benzene rings is 1. The summed E-state index contributed by atoms with van der Waals surface area (Å²) in [5, 5.41) is 14.8. The standard InChI is InChI=1S/C29H31N5O4S/c1-5-6-7-8-13-39(35,36)34-20-27(26-15-24(17-31-29(26)34)25-18-32-33(3)19-25)22-9-10-28(23(14-22)16-30)38-21(2)11-12-37-4/h5-10,14-15,17-21H,11-13H2,1-4H3. The highest BCUT2D eigenvalue weighted by Gasteiger charge is 2.22. The molecule has 3 aromatic heterocycles. The fraction of sp³-hybridized carbons (Fsp3) is 0.276. The van der Waals surface area contributed by atoms with Gasteiger partial charge in [-0.2, -0.15) is 10.4 Å². The van der Waals surface area contributed by atoms with Gasteiger partial charge in [0.05, 0.1) is 23.6 Å². The summed E-state index contributed by atoms with van der Waals surface area (Å²) in [6.45, 7) is 4.33. The number of methoxy groups -OCH3 is 1. The monoisotopic (exact) mass is 545 g/mol. The van der Waals surface area contributed by atoms with Crippen molar-refractivity contribution in [1.82, 2.24) is 18.7 Å². The first kappa shape index (κ1) is 27.8. The van der Waals surface area contributed by atoms with Crippen molar-refractivity contribution in [3.63, 3.8) is 0 Å². The molecule has 10 heteroatoms. The van der Waals surface area contributed by atoms with Gasteiger partial charge in [-0.05, 0) is 37.6 Å². The van der Waals surface area contributed by atoms with E-state index in [1.54, 1.807) is 60.7 Å². The second-order valence-electron chi connectivity index (χ2n) is 9.10. The highest BCUT2D eigenvalue weighted by Crippen LogP contribution is 2.35. The van der Waals surface area contributed by atoms with E-state index < -0.39 is 10.0 Å². The number of pyridine rings is 1. The minimum atomic E-state index is -3.76. The number of fused-ring (bicyclic) bond motifs is 1. The van der Waals surface area contributed by atoms with Crippen molar-refractivity contribution in [2.75, 3.05) is 19.5 Å². The molecule has 0 amide bonds. The fourth-order valence-corrected chi connectivity index (χ4v) is 5.33. The average Bonchev–Trinajstić information content (AvgIpc) is 3.54. The number of hydrogen-bond donors (Lipinski definition) is 0. The van der Waals surface area contributed by atoms with Gasteiger partial charge in [0, 0.05) is 67.9 Å². The zero-order valence-corrected chi connectivity index (χ0v) is 23.2. The first-order chi connectivity index (χ1) is 18.8. The number of allylic oxidation sites excluding steroid dienone is 3. The lowest BCUT2D eigenvalue weighted by atomic mass is 10.0. The smallest absolute Gasteiger partial charge is 0.243 e. The Morgan fingerprint density at radius 1 is 1.13 bits per heavy atom. The third-order valence-electron chi connectivity index (χ3n) is 6.16. The van der Waals surface area contributed by atoms with Crippen LogP contribution in [0.3, 0.4) is 0 Å². The molecule has 0 bridgehead atoms. The van der Waals surface area contributed by atoms with E-state index in [1.807, 2.05) is 45.3 Å². The summed E-state index contributed by atoms with van der Waals surface area (Å²) in [5.41, 5.74) is 3.63. The lowest BCUT2D eigenvalue weighted by molar-refractivity contribution is 0.135. The van der Waals surface area contributed by atoms with Crippen LogP contribution in [-0.2, 0) is 21.8 Å². The van der Waals surface area contributed by atoms with Gasteiger partial charge in [0.2, 0.25) is 10.0 Å². The third kappa shape index (κ3) is 6.28. The van der Waals surface area contributed by atoms with E-state index in [2.05, 4.69) is 16.2 Å². The number of nitrogens with zero attached hydrogens (tertiary/aromatic N) is 5. The Morgan fingerprint density at radius 2 is 1.95 bits per heavy atom. The minimum absolute atomic E-state index is 0.142. The Hall–Kier alpha value is -4.20. The molecular formula is C29H31N5O4S. The topological polar surface area (TPSA) is 112 Å². The molecule has 4 rings (SSSR count). The number of rotatable bonds is 11. The normalized spacial score (nSPS) is 12.9. The summed E-state index contributed by atoms with van der Waals surface area (Å²) >= 11 is 0. The molecule has 0 saturated carbocycles. The quantitative estimate of drug-likeness (QED) is 0.241. The second kappa shape index (κ2) is 12.1. The van der Waals surface area contributed by atoms with Crippen molar-refractivity contribution in [1.29, 1.82) is 5.26 Å². The van der Waals surface area contributed by atoms with Gasteiger partial charge < -0.3 is 9.47 Å². The highest BCUT2D eigenvalue weighted by molar-refractivity contribution is 7.90. The van der Waals surface area contributed by atoms with Gasteiger partial charge in [0.1, 0.15) is 11.8 Å². The third-order valence-corrected chi connectivity index (χ3v) is 7.66. The van der Waals surface area contributed by atoms with E-state index in [-0.39, 0.29) is 11.9 Å². The molecule has 1 atom stereocenters. The van der Waals surface area contributed by atoms with Crippen LogP contribution in [-0.4, -0.2) is 52.7 Å². The molecule has 9 nitrogen and oxygen atoms in total. The summed E-state index contributed by atoms with van der Waals surface area (Å²) < 4.78 is 40.7. The van der Waals surface area contributed by atoms with Gasteiger partial charge in [0.25, 0.3) is 0 Å². The molecule has 3 heterocycles. The summed E-state index contributed by atoms with van der Waals surface area (Å²) in [4.78, 5) is 4.56. The van der Waals surface area contributed by atoms with Crippen LogP contribution in [0.4, 0.5) is 0 Å². The molecule has 1 aromatic carbocycles. The molecule has 202 valence electrons. The van der Waals surface area contributed by atoms with E-state index in [4.69, 9.17) is 9.47 Å². The number of hydrogen-bond acceptors (Lipinski definition) is 7. The second-order valence-corrected chi connectivity index (χ2v) is 11.0. The zero-order chi connectivity index (χ0) is 28.0. The predicted octanol–water partition coefficient (Wildman–Crippen LogP) is 5.09.